The first-order chi connectivity index (χ1) is 13.0. The van der Waals surface area contributed by atoms with E-state index in [-0.39, 0.29) is 17.5 Å². The molecule has 0 aliphatic carbocycles. The summed E-state index contributed by atoms with van der Waals surface area (Å²) < 4.78 is 6.92. The standard InChI is InChI=1S/C19H20N4O4/c1-27-15-2-3-16-12(8-15)9-17(21-16)18(24)22-6-4-14(5-7-22)23-11-13(10-20-23)19(25)26/h2-3,8-11,14,21H,4-7H2,1H3,(H,25,26). The summed E-state index contributed by atoms with van der Waals surface area (Å²) in [5.74, 6) is -0.263. The maximum absolute atomic E-state index is 12.8. The minimum Gasteiger partial charge on any atom is -0.497 e. The number of methoxy groups -OCH3 is 1. The fourth-order valence-corrected chi connectivity index (χ4v) is 3.50. The minimum atomic E-state index is -0.982. The number of benzene rings is 1. The van der Waals surface area contributed by atoms with Gasteiger partial charge in [0.05, 0.1) is 24.9 Å². The molecule has 1 aromatic carbocycles. The molecule has 4 rings (SSSR count). The van der Waals surface area contributed by atoms with Crippen LogP contribution >= 0.6 is 0 Å². The van der Waals surface area contributed by atoms with Crippen LogP contribution in [0.25, 0.3) is 10.9 Å². The second-order valence-corrected chi connectivity index (χ2v) is 6.67. The molecule has 0 saturated carbocycles. The number of carbonyl (C=O) groups is 2. The average Bonchev–Trinajstić information content (AvgIpc) is 3.34. The highest BCUT2D eigenvalue weighted by Crippen LogP contribution is 2.25. The number of carbonyl (C=O) groups excluding carboxylic acids is 1. The quantitative estimate of drug-likeness (QED) is 0.737. The zero-order valence-corrected chi connectivity index (χ0v) is 14.9. The molecule has 0 radical (unpaired) electrons. The molecule has 1 amide bonds. The number of ether oxygens (including phenoxy) is 1. The SMILES string of the molecule is COc1ccc2[nH]c(C(=O)N3CCC(n4cc(C(=O)O)cn4)CC3)cc2c1. The Hall–Kier alpha value is -3.29. The second kappa shape index (κ2) is 6.79. The molecule has 1 saturated heterocycles. The summed E-state index contributed by atoms with van der Waals surface area (Å²) >= 11 is 0. The molecular formula is C19H20N4O4. The van der Waals surface area contributed by atoms with Gasteiger partial charge in [0.15, 0.2) is 0 Å². The first-order valence-electron chi connectivity index (χ1n) is 8.78. The predicted molar refractivity (Wildman–Crippen MR) is 98.2 cm³/mol. The normalized spacial score (nSPS) is 15.2. The lowest BCUT2D eigenvalue weighted by Gasteiger charge is -2.31. The number of carboxylic acids is 1. The zero-order chi connectivity index (χ0) is 19.0. The van der Waals surface area contributed by atoms with Gasteiger partial charge in [-0.2, -0.15) is 5.10 Å². The maximum atomic E-state index is 12.8. The van der Waals surface area contributed by atoms with Crippen LogP contribution in [-0.2, 0) is 0 Å². The van der Waals surface area contributed by atoms with Gasteiger partial charge in [-0.25, -0.2) is 4.79 Å². The van der Waals surface area contributed by atoms with Crippen molar-refractivity contribution in [2.45, 2.75) is 18.9 Å². The van der Waals surface area contributed by atoms with E-state index in [0.29, 0.717) is 18.8 Å². The van der Waals surface area contributed by atoms with E-state index in [1.807, 2.05) is 29.2 Å². The number of fused-ring (bicyclic) bond motifs is 1. The van der Waals surface area contributed by atoms with Crippen LogP contribution in [0.3, 0.4) is 0 Å². The van der Waals surface area contributed by atoms with E-state index in [9.17, 15) is 9.59 Å². The van der Waals surface area contributed by atoms with Crippen LogP contribution in [0, 0.1) is 0 Å². The first kappa shape index (κ1) is 17.1. The van der Waals surface area contributed by atoms with Crippen molar-refractivity contribution < 1.29 is 19.4 Å². The number of carboxylic acid groups (broad SMARTS) is 1. The third-order valence-electron chi connectivity index (χ3n) is 5.03. The molecule has 2 N–H and O–H groups in total. The number of hydrogen-bond acceptors (Lipinski definition) is 4. The van der Waals surface area contributed by atoms with Crippen LogP contribution in [0.4, 0.5) is 0 Å². The summed E-state index contributed by atoms with van der Waals surface area (Å²) in [6, 6.07) is 7.60. The number of H-pyrrole nitrogens is 1. The minimum absolute atomic E-state index is 0.0321. The van der Waals surface area contributed by atoms with E-state index < -0.39 is 5.97 Å². The number of nitrogens with zero attached hydrogens (tertiary/aromatic N) is 3. The summed E-state index contributed by atoms with van der Waals surface area (Å²) in [6.07, 6.45) is 4.38. The van der Waals surface area contributed by atoms with Gasteiger partial charge in [0.1, 0.15) is 11.4 Å². The van der Waals surface area contributed by atoms with Gasteiger partial charge in [-0.1, -0.05) is 0 Å². The van der Waals surface area contributed by atoms with E-state index in [1.54, 1.807) is 18.0 Å². The Bertz CT molecular complexity index is 998. The second-order valence-electron chi connectivity index (χ2n) is 6.67. The lowest BCUT2D eigenvalue weighted by atomic mass is 10.0. The Balaban J connectivity index is 1.44. The van der Waals surface area contributed by atoms with Gasteiger partial charge in [-0.3, -0.25) is 9.48 Å². The van der Waals surface area contributed by atoms with Crippen molar-refractivity contribution in [2.75, 3.05) is 20.2 Å². The number of hydrogen-bond donors (Lipinski definition) is 2. The van der Waals surface area contributed by atoms with Crippen molar-refractivity contribution in [3.05, 3.63) is 47.9 Å². The lowest BCUT2D eigenvalue weighted by Crippen LogP contribution is -2.39. The predicted octanol–water partition coefficient (Wildman–Crippen LogP) is 2.55. The molecule has 2 aromatic heterocycles. The first-order valence-corrected chi connectivity index (χ1v) is 8.78. The largest absolute Gasteiger partial charge is 0.497 e. The molecule has 1 aliphatic rings. The van der Waals surface area contributed by atoms with Crippen molar-refractivity contribution in [1.82, 2.24) is 19.7 Å². The molecule has 1 aliphatic heterocycles. The summed E-state index contributed by atoms with van der Waals surface area (Å²) in [5, 5.41) is 14.1. The van der Waals surface area contributed by atoms with Gasteiger partial charge in [0.25, 0.3) is 5.91 Å². The summed E-state index contributed by atoms with van der Waals surface area (Å²) in [6.45, 7) is 1.20. The Morgan fingerprint density at radius 3 is 2.70 bits per heavy atom. The summed E-state index contributed by atoms with van der Waals surface area (Å²) in [5.41, 5.74) is 1.64. The fourth-order valence-electron chi connectivity index (χ4n) is 3.50. The number of likely N-dealkylation sites (tertiary alicyclic amines) is 1. The molecule has 140 valence electrons. The smallest absolute Gasteiger partial charge is 0.338 e. The summed E-state index contributed by atoms with van der Waals surface area (Å²) in [4.78, 5) is 28.8. The van der Waals surface area contributed by atoms with Crippen LogP contribution < -0.4 is 4.74 Å². The van der Waals surface area contributed by atoms with Crippen LogP contribution in [0.15, 0.2) is 36.7 Å². The molecule has 3 heterocycles. The molecule has 0 atom stereocenters. The zero-order valence-electron chi connectivity index (χ0n) is 14.9. The molecule has 8 heteroatoms. The Morgan fingerprint density at radius 1 is 1.26 bits per heavy atom. The van der Waals surface area contributed by atoms with Gasteiger partial charge in [-0.05, 0) is 37.1 Å². The fraction of sp³-hybridized carbons (Fsp3) is 0.316. The Morgan fingerprint density at radius 2 is 2.04 bits per heavy atom. The maximum Gasteiger partial charge on any atom is 0.338 e. The van der Waals surface area contributed by atoms with Crippen LogP contribution in [0.1, 0.15) is 39.7 Å². The molecule has 0 spiro atoms. The van der Waals surface area contributed by atoms with Crippen molar-refractivity contribution >= 4 is 22.8 Å². The highest BCUT2D eigenvalue weighted by atomic mass is 16.5. The molecule has 0 bridgehead atoms. The van der Waals surface area contributed by atoms with Crippen LogP contribution in [-0.4, -0.2) is 56.8 Å². The summed E-state index contributed by atoms with van der Waals surface area (Å²) in [7, 11) is 1.61. The molecule has 27 heavy (non-hydrogen) atoms. The van der Waals surface area contributed by atoms with Gasteiger partial charge in [-0.15, -0.1) is 0 Å². The van der Waals surface area contributed by atoms with Crippen molar-refractivity contribution in [1.29, 1.82) is 0 Å². The number of nitrogens with one attached hydrogen (secondary N) is 1. The number of aromatic nitrogens is 3. The number of rotatable bonds is 4. The average molecular weight is 368 g/mol. The van der Waals surface area contributed by atoms with Gasteiger partial charge in [0, 0.05) is 30.2 Å². The van der Waals surface area contributed by atoms with E-state index in [0.717, 1.165) is 29.5 Å². The van der Waals surface area contributed by atoms with Gasteiger partial charge < -0.3 is 19.7 Å². The van der Waals surface area contributed by atoms with Crippen LogP contribution in [0.2, 0.25) is 0 Å². The number of aromatic amines is 1. The highest BCUT2D eigenvalue weighted by Gasteiger charge is 2.26. The third-order valence-corrected chi connectivity index (χ3v) is 5.03. The van der Waals surface area contributed by atoms with Crippen LogP contribution in [0.5, 0.6) is 5.75 Å². The van der Waals surface area contributed by atoms with Crippen molar-refractivity contribution in [3.8, 4) is 5.75 Å². The van der Waals surface area contributed by atoms with E-state index >= 15 is 0 Å². The molecule has 8 nitrogen and oxygen atoms in total. The van der Waals surface area contributed by atoms with Gasteiger partial charge in [0.2, 0.25) is 0 Å². The van der Waals surface area contributed by atoms with E-state index in [1.165, 1.54) is 6.20 Å². The third kappa shape index (κ3) is 3.25. The molecule has 3 aromatic rings. The molecule has 0 unspecified atom stereocenters. The van der Waals surface area contributed by atoms with Crippen molar-refractivity contribution in [2.24, 2.45) is 0 Å². The number of aromatic carboxylic acids is 1. The highest BCUT2D eigenvalue weighted by molar-refractivity contribution is 5.98. The number of piperidine rings is 1. The van der Waals surface area contributed by atoms with Gasteiger partial charge >= 0.3 is 5.97 Å². The topological polar surface area (TPSA) is 100 Å². The van der Waals surface area contributed by atoms with E-state index in [4.69, 9.17) is 9.84 Å². The monoisotopic (exact) mass is 368 g/mol. The lowest BCUT2D eigenvalue weighted by molar-refractivity contribution is 0.0684. The molecular weight excluding hydrogens is 348 g/mol. The Labute approximate surface area is 155 Å². The van der Waals surface area contributed by atoms with E-state index in [2.05, 4.69) is 10.1 Å². The molecule has 1 fully saturated rings. The Kier molecular flexibility index (Phi) is 4.31. The van der Waals surface area contributed by atoms with Crippen molar-refractivity contribution in [3.63, 3.8) is 0 Å². The number of amides is 1.